The molecular weight excluding hydrogens is 318 g/mol. The molecule has 0 fully saturated rings. The third kappa shape index (κ3) is 3.37. The predicted molar refractivity (Wildman–Crippen MR) is 94.7 cm³/mol. The van der Waals surface area contributed by atoms with Gasteiger partial charge in [0.1, 0.15) is 17.2 Å². The molecule has 0 bridgehead atoms. The number of fused-ring (bicyclic) bond motifs is 1. The van der Waals surface area contributed by atoms with Crippen molar-refractivity contribution in [2.75, 3.05) is 39.3 Å². The van der Waals surface area contributed by atoms with E-state index in [1.165, 1.54) is 0 Å². The van der Waals surface area contributed by atoms with E-state index in [4.69, 9.17) is 14.2 Å². The van der Waals surface area contributed by atoms with Gasteiger partial charge in [0, 0.05) is 13.1 Å². The van der Waals surface area contributed by atoms with Gasteiger partial charge in [-0.1, -0.05) is 0 Å². The summed E-state index contributed by atoms with van der Waals surface area (Å²) >= 11 is 0. The van der Waals surface area contributed by atoms with Crippen LogP contribution in [-0.2, 0) is 0 Å². The minimum atomic E-state index is 0. The molecule has 1 aromatic carbocycles. The summed E-state index contributed by atoms with van der Waals surface area (Å²) in [7, 11) is 4.80. The Morgan fingerprint density at radius 2 is 1.57 bits per heavy atom. The first-order chi connectivity index (χ1) is 10.6. The number of benzene rings is 1. The van der Waals surface area contributed by atoms with Gasteiger partial charge in [-0.3, -0.25) is 0 Å². The summed E-state index contributed by atoms with van der Waals surface area (Å²) in [5.74, 6) is 3.29. The van der Waals surface area contributed by atoms with Crippen LogP contribution in [0.15, 0.2) is 6.07 Å². The van der Waals surface area contributed by atoms with Crippen molar-refractivity contribution in [2.24, 2.45) is 0 Å². The van der Waals surface area contributed by atoms with Gasteiger partial charge < -0.3 is 19.1 Å². The first kappa shape index (κ1) is 19.1. The van der Waals surface area contributed by atoms with Crippen LogP contribution in [0.5, 0.6) is 17.2 Å². The van der Waals surface area contributed by atoms with E-state index in [2.05, 4.69) is 28.7 Å². The number of rotatable bonds is 6. The SMILES string of the molecule is CCN(CC)c1nc(C)nc2c(OC)c(OC)c(OC)cc12.Cl. The molecule has 0 aliphatic rings. The average Bonchev–Trinajstić information content (AvgIpc) is 2.53. The van der Waals surface area contributed by atoms with E-state index in [1.54, 1.807) is 21.3 Å². The number of ether oxygens (including phenoxy) is 3. The fourth-order valence-electron chi connectivity index (χ4n) is 2.59. The lowest BCUT2D eigenvalue weighted by atomic mass is 10.1. The summed E-state index contributed by atoms with van der Waals surface area (Å²) in [6.45, 7) is 7.80. The number of methoxy groups -OCH3 is 3. The highest BCUT2D eigenvalue weighted by Crippen LogP contribution is 2.44. The largest absolute Gasteiger partial charge is 0.493 e. The molecule has 23 heavy (non-hydrogen) atoms. The molecule has 2 aromatic rings. The highest BCUT2D eigenvalue weighted by Gasteiger charge is 2.21. The second-order valence-electron chi connectivity index (χ2n) is 4.81. The Morgan fingerprint density at radius 1 is 0.957 bits per heavy atom. The van der Waals surface area contributed by atoms with Crippen LogP contribution in [-0.4, -0.2) is 44.4 Å². The Kier molecular flexibility index (Phi) is 6.69. The molecular formula is C16H24ClN3O3. The van der Waals surface area contributed by atoms with Crippen molar-refractivity contribution in [1.29, 1.82) is 0 Å². The third-order valence-electron chi connectivity index (χ3n) is 3.65. The van der Waals surface area contributed by atoms with Gasteiger partial charge in [0.05, 0.1) is 26.7 Å². The Hall–Kier alpha value is -1.95. The second kappa shape index (κ2) is 8.06. The Balaban J connectivity index is 0.00000264. The van der Waals surface area contributed by atoms with Crippen LogP contribution in [0.4, 0.5) is 5.82 Å². The summed E-state index contributed by atoms with van der Waals surface area (Å²) in [6.07, 6.45) is 0. The fraction of sp³-hybridized carbons (Fsp3) is 0.500. The molecule has 6 nitrogen and oxygen atoms in total. The molecule has 1 aromatic heterocycles. The van der Waals surface area contributed by atoms with Gasteiger partial charge in [-0.15, -0.1) is 12.4 Å². The Morgan fingerprint density at radius 3 is 2.04 bits per heavy atom. The lowest BCUT2D eigenvalue weighted by Crippen LogP contribution is -2.23. The number of halogens is 1. The topological polar surface area (TPSA) is 56.7 Å². The minimum absolute atomic E-state index is 0. The zero-order valence-corrected chi connectivity index (χ0v) is 15.3. The van der Waals surface area contributed by atoms with E-state index in [1.807, 2.05) is 13.0 Å². The van der Waals surface area contributed by atoms with E-state index in [9.17, 15) is 0 Å². The van der Waals surface area contributed by atoms with E-state index in [0.717, 1.165) is 29.8 Å². The number of hydrogen-bond donors (Lipinski definition) is 0. The van der Waals surface area contributed by atoms with E-state index >= 15 is 0 Å². The molecule has 0 saturated carbocycles. The van der Waals surface area contributed by atoms with Gasteiger partial charge in [-0.2, -0.15) is 0 Å². The molecule has 0 N–H and O–H groups in total. The zero-order chi connectivity index (χ0) is 16.3. The predicted octanol–water partition coefficient (Wildman–Crippen LogP) is 3.23. The van der Waals surface area contributed by atoms with E-state index in [-0.39, 0.29) is 12.4 Å². The molecule has 0 saturated heterocycles. The first-order valence-corrected chi connectivity index (χ1v) is 7.33. The summed E-state index contributed by atoms with van der Waals surface area (Å²) in [4.78, 5) is 11.3. The second-order valence-corrected chi connectivity index (χ2v) is 4.81. The molecule has 0 atom stereocenters. The molecule has 0 spiro atoms. The maximum absolute atomic E-state index is 5.54. The maximum Gasteiger partial charge on any atom is 0.205 e. The van der Waals surface area contributed by atoms with Crippen LogP contribution in [0.1, 0.15) is 19.7 Å². The third-order valence-corrected chi connectivity index (χ3v) is 3.65. The number of aromatic nitrogens is 2. The first-order valence-electron chi connectivity index (χ1n) is 7.33. The van der Waals surface area contributed by atoms with E-state index < -0.39 is 0 Å². The Bertz CT molecular complexity index is 675. The number of hydrogen-bond acceptors (Lipinski definition) is 6. The normalized spacial score (nSPS) is 10.2. The van der Waals surface area contributed by atoms with Crippen molar-refractivity contribution in [1.82, 2.24) is 9.97 Å². The monoisotopic (exact) mass is 341 g/mol. The van der Waals surface area contributed by atoms with Crippen molar-refractivity contribution in [3.05, 3.63) is 11.9 Å². The number of aryl methyl sites for hydroxylation is 1. The summed E-state index contributed by atoms with van der Waals surface area (Å²) in [5, 5.41) is 0.892. The maximum atomic E-state index is 5.54. The molecule has 2 rings (SSSR count). The number of nitrogens with zero attached hydrogens (tertiary/aromatic N) is 3. The van der Waals surface area contributed by atoms with Gasteiger partial charge in [-0.25, -0.2) is 9.97 Å². The smallest absolute Gasteiger partial charge is 0.205 e. The zero-order valence-electron chi connectivity index (χ0n) is 14.5. The van der Waals surface area contributed by atoms with Crippen molar-refractivity contribution < 1.29 is 14.2 Å². The van der Waals surface area contributed by atoms with Crippen molar-refractivity contribution >= 4 is 29.1 Å². The van der Waals surface area contributed by atoms with Crippen LogP contribution in [0.3, 0.4) is 0 Å². The van der Waals surface area contributed by atoms with Gasteiger partial charge >= 0.3 is 0 Å². The molecule has 7 heteroatoms. The highest BCUT2D eigenvalue weighted by atomic mass is 35.5. The summed E-state index contributed by atoms with van der Waals surface area (Å²) < 4.78 is 16.4. The van der Waals surface area contributed by atoms with Crippen LogP contribution in [0.2, 0.25) is 0 Å². The standard InChI is InChI=1S/C16H23N3O3.ClH/c1-7-19(8-2)16-11-9-12(20-4)14(21-5)15(22-6)13(11)17-10(3)18-16;/h9H,7-8H2,1-6H3;1H. The average molecular weight is 342 g/mol. The molecule has 0 amide bonds. The van der Waals surface area contributed by atoms with Crippen LogP contribution < -0.4 is 19.1 Å². The van der Waals surface area contributed by atoms with Crippen molar-refractivity contribution in [3.63, 3.8) is 0 Å². The summed E-state index contributed by atoms with van der Waals surface area (Å²) in [6, 6.07) is 1.91. The molecule has 0 unspecified atom stereocenters. The number of anilines is 1. The quantitative estimate of drug-likeness (QED) is 0.804. The minimum Gasteiger partial charge on any atom is -0.493 e. The van der Waals surface area contributed by atoms with Gasteiger partial charge in [-0.05, 0) is 26.8 Å². The summed E-state index contributed by atoms with van der Waals surface area (Å²) in [5.41, 5.74) is 0.731. The van der Waals surface area contributed by atoms with E-state index in [0.29, 0.717) is 23.1 Å². The van der Waals surface area contributed by atoms with Crippen LogP contribution in [0, 0.1) is 6.92 Å². The molecule has 0 radical (unpaired) electrons. The lowest BCUT2D eigenvalue weighted by Gasteiger charge is -2.23. The van der Waals surface area contributed by atoms with Crippen molar-refractivity contribution in [2.45, 2.75) is 20.8 Å². The lowest BCUT2D eigenvalue weighted by molar-refractivity contribution is 0.327. The van der Waals surface area contributed by atoms with Gasteiger partial charge in [0.2, 0.25) is 5.75 Å². The Labute approximate surface area is 143 Å². The van der Waals surface area contributed by atoms with Crippen LogP contribution >= 0.6 is 12.4 Å². The molecule has 128 valence electrons. The van der Waals surface area contributed by atoms with Gasteiger partial charge in [0.15, 0.2) is 11.5 Å². The molecule has 0 aliphatic heterocycles. The van der Waals surface area contributed by atoms with Crippen molar-refractivity contribution in [3.8, 4) is 17.2 Å². The van der Waals surface area contributed by atoms with Crippen LogP contribution in [0.25, 0.3) is 10.9 Å². The molecule has 0 aliphatic carbocycles. The fourth-order valence-corrected chi connectivity index (χ4v) is 2.59. The highest BCUT2D eigenvalue weighted by molar-refractivity contribution is 5.97. The molecule has 1 heterocycles. The van der Waals surface area contributed by atoms with Gasteiger partial charge in [0.25, 0.3) is 0 Å².